The summed E-state index contributed by atoms with van der Waals surface area (Å²) in [6.45, 7) is 1.77. The first-order valence-corrected chi connectivity index (χ1v) is 8.77. The number of aromatic hydroxyl groups is 1. The van der Waals surface area contributed by atoms with Gasteiger partial charge >= 0.3 is 0 Å². The highest BCUT2D eigenvalue weighted by Gasteiger charge is 2.13. The molecule has 2 aromatic heterocycles. The number of amides is 1. The Morgan fingerprint density at radius 3 is 2.96 bits per heavy atom. The van der Waals surface area contributed by atoms with E-state index < -0.39 is 5.43 Å². The molecule has 0 saturated heterocycles. The van der Waals surface area contributed by atoms with Crippen molar-refractivity contribution < 1.29 is 14.3 Å². The zero-order valence-electron chi connectivity index (χ0n) is 14.2. The topological polar surface area (TPSA) is 100 Å². The number of hydrogen-bond donors (Lipinski definition) is 3. The van der Waals surface area contributed by atoms with E-state index in [0.29, 0.717) is 27.6 Å². The second-order valence-corrected chi connectivity index (χ2v) is 6.74. The normalized spacial score (nSPS) is 11.0. The van der Waals surface area contributed by atoms with Crippen LogP contribution in [0.15, 0.2) is 34.2 Å². The molecule has 3 rings (SSSR count). The van der Waals surface area contributed by atoms with Crippen LogP contribution in [0.2, 0.25) is 0 Å². The van der Waals surface area contributed by atoms with E-state index in [0.717, 1.165) is 0 Å². The minimum absolute atomic E-state index is 0.0317. The third-order valence-electron chi connectivity index (χ3n) is 4.00. The molecule has 1 aromatic carbocycles. The SMILES string of the molecule is Cc1cc(=O)c(O)c(CNC(=O)CSc2nc3ccc(F)cc3[nH]2)n1C. The summed E-state index contributed by atoms with van der Waals surface area (Å²) in [5, 5.41) is 13.1. The molecule has 0 unspecified atom stereocenters. The lowest BCUT2D eigenvalue weighted by molar-refractivity contribution is -0.118. The molecule has 136 valence electrons. The lowest BCUT2D eigenvalue weighted by atomic mass is 10.2. The van der Waals surface area contributed by atoms with E-state index in [-0.39, 0.29) is 29.8 Å². The third-order valence-corrected chi connectivity index (χ3v) is 4.87. The van der Waals surface area contributed by atoms with Crippen molar-refractivity contribution in [3.8, 4) is 5.75 Å². The molecule has 3 N–H and O–H groups in total. The summed E-state index contributed by atoms with van der Waals surface area (Å²) in [6, 6.07) is 5.56. The first-order valence-electron chi connectivity index (χ1n) is 7.78. The number of halogens is 1. The predicted molar refractivity (Wildman–Crippen MR) is 96.7 cm³/mol. The van der Waals surface area contributed by atoms with E-state index in [1.165, 1.54) is 30.0 Å². The number of benzene rings is 1. The first kappa shape index (κ1) is 18.0. The smallest absolute Gasteiger partial charge is 0.230 e. The zero-order valence-corrected chi connectivity index (χ0v) is 15.0. The molecule has 0 saturated carbocycles. The zero-order chi connectivity index (χ0) is 18.8. The van der Waals surface area contributed by atoms with Crippen molar-refractivity contribution in [3.63, 3.8) is 0 Å². The van der Waals surface area contributed by atoms with Crippen molar-refractivity contribution in [2.75, 3.05) is 5.75 Å². The minimum atomic E-state index is -0.478. The van der Waals surface area contributed by atoms with Crippen molar-refractivity contribution in [3.05, 3.63) is 51.7 Å². The fourth-order valence-corrected chi connectivity index (χ4v) is 3.18. The third kappa shape index (κ3) is 3.72. The van der Waals surface area contributed by atoms with Gasteiger partial charge in [-0.1, -0.05) is 11.8 Å². The number of aromatic nitrogens is 3. The molecule has 0 aliphatic carbocycles. The van der Waals surface area contributed by atoms with Crippen LogP contribution < -0.4 is 10.7 Å². The van der Waals surface area contributed by atoms with Gasteiger partial charge in [-0.05, 0) is 25.1 Å². The maximum Gasteiger partial charge on any atom is 0.230 e. The molecule has 0 bridgehead atoms. The van der Waals surface area contributed by atoms with Crippen LogP contribution in [-0.4, -0.2) is 31.3 Å². The molecule has 1 amide bonds. The van der Waals surface area contributed by atoms with Gasteiger partial charge in [0.05, 0.1) is 29.0 Å². The number of H-pyrrole nitrogens is 1. The first-order chi connectivity index (χ1) is 12.3. The fraction of sp³-hybridized carbons (Fsp3) is 0.235. The summed E-state index contributed by atoms with van der Waals surface area (Å²) in [6.07, 6.45) is 0. The number of imidazole rings is 1. The van der Waals surface area contributed by atoms with Crippen molar-refractivity contribution in [2.45, 2.75) is 18.6 Å². The number of nitrogens with one attached hydrogen (secondary N) is 2. The van der Waals surface area contributed by atoms with Crippen LogP contribution in [-0.2, 0) is 18.4 Å². The number of carbonyl (C=O) groups is 1. The second-order valence-electron chi connectivity index (χ2n) is 5.77. The molecule has 0 fully saturated rings. The average Bonchev–Trinajstić information content (AvgIpc) is 3.00. The molecule has 0 atom stereocenters. The highest BCUT2D eigenvalue weighted by molar-refractivity contribution is 7.99. The Balaban J connectivity index is 1.62. The number of pyridine rings is 1. The number of thioether (sulfide) groups is 1. The maximum absolute atomic E-state index is 13.2. The van der Waals surface area contributed by atoms with Gasteiger partial charge in [0.2, 0.25) is 11.3 Å². The van der Waals surface area contributed by atoms with Gasteiger partial charge in [0.1, 0.15) is 5.82 Å². The maximum atomic E-state index is 13.2. The summed E-state index contributed by atoms with van der Waals surface area (Å²) in [5.74, 6) is -0.928. The van der Waals surface area contributed by atoms with E-state index in [4.69, 9.17) is 0 Å². The minimum Gasteiger partial charge on any atom is -0.503 e. The Morgan fingerprint density at radius 1 is 1.42 bits per heavy atom. The van der Waals surface area contributed by atoms with Crippen molar-refractivity contribution >= 4 is 28.7 Å². The summed E-state index contributed by atoms with van der Waals surface area (Å²) in [5.41, 5.74) is 1.73. The molecule has 0 spiro atoms. The largest absolute Gasteiger partial charge is 0.503 e. The van der Waals surface area contributed by atoms with Crippen LogP contribution in [0, 0.1) is 12.7 Å². The predicted octanol–water partition coefficient (Wildman–Crippen LogP) is 1.82. The van der Waals surface area contributed by atoms with Gasteiger partial charge in [-0.25, -0.2) is 9.37 Å². The molecular weight excluding hydrogens is 359 g/mol. The molecule has 0 aliphatic rings. The van der Waals surface area contributed by atoms with Crippen LogP contribution in [0.1, 0.15) is 11.4 Å². The van der Waals surface area contributed by atoms with Crippen LogP contribution in [0.4, 0.5) is 4.39 Å². The number of aryl methyl sites for hydroxylation is 1. The number of rotatable bonds is 5. The van der Waals surface area contributed by atoms with Crippen LogP contribution in [0.5, 0.6) is 5.75 Å². The Labute approximate surface area is 152 Å². The molecule has 0 aliphatic heterocycles. The summed E-state index contributed by atoms with van der Waals surface area (Å²) >= 11 is 1.18. The number of fused-ring (bicyclic) bond motifs is 1. The average molecular weight is 376 g/mol. The van der Waals surface area contributed by atoms with Gasteiger partial charge in [-0.2, -0.15) is 0 Å². The summed E-state index contributed by atoms with van der Waals surface area (Å²) < 4.78 is 14.8. The molecular formula is C17H17FN4O3S. The van der Waals surface area contributed by atoms with E-state index in [1.807, 2.05) is 0 Å². The van der Waals surface area contributed by atoms with Crippen molar-refractivity contribution in [2.24, 2.45) is 7.05 Å². The fourth-order valence-electron chi connectivity index (χ4n) is 2.47. The van der Waals surface area contributed by atoms with Gasteiger partial charge in [0, 0.05) is 18.8 Å². The van der Waals surface area contributed by atoms with Crippen LogP contribution in [0.3, 0.4) is 0 Å². The van der Waals surface area contributed by atoms with Gasteiger partial charge in [-0.3, -0.25) is 9.59 Å². The standard InChI is InChI=1S/C17H17FN4O3S/c1-9-5-14(23)16(25)13(22(9)2)7-19-15(24)8-26-17-20-11-4-3-10(18)6-12(11)21-17/h3-6,25H,7-8H2,1-2H3,(H,19,24)(H,20,21). The van der Waals surface area contributed by atoms with Crippen LogP contribution in [0.25, 0.3) is 11.0 Å². The molecule has 2 heterocycles. The van der Waals surface area contributed by atoms with Crippen LogP contribution >= 0.6 is 11.8 Å². The van der Waals surface area contributed by atoms with E-state index in [2.05, 4.69) is 15.3 Å². The molecule has 3 aromatic rings. The molecule has 26 heavy (non-hydrogen) atoms. The Bertz CT molecular complexity index is 1040. The highest BCUT2D eigenvalue weighted by Crippen LogP contribution is 2.20. The number of hydrogen-bond acceptors (Lipinski definition) is 5. The summed E-state index contributed by atoms with van der Waals surface area (Å²) in [4.78, 5) is 30.9. The lowest BCUT2D eigenvalue weighted by Crippen LogP contribution is -2.27. The van der Waals surface area contributed by atoms with Gasteiger partial charge < -0.3 is 20.0 Å². The highest BCUT2D eigenvalue weighted by atomic mass is 32.2. The van der Waals surface area contributed by atoms with Gasteiger partial charge in [-0.15, -0.1) is 0 Å². The Kier molecular flexibility index (Phi) is 4.99. The molecule has 9 heteroatoms. The molecule has 0 radical (unpaired) electrons. The second kappa shape index (κ2) is 7.20. The van der Waals surface area contributed by atoms with E-state index >= 15 is 0 Å². The summed E-state index contributed by atoms with van der Waals surface area (Å²) in [7, 11) is 1.71. The quantitative estimate of drug-likeness (QED) is 0.590. The van der Waals surface area contributed by atoms with Gasteiger partial charge in [0.25, 0.3) is 0 Å². The number of aromatic amines is 1. The Hall–Kier alpha value is -2.81. The van der Waals surface area contributed by atoms with E-state index in [1.54, 1.807) is 24.6 Å². The van der Waals surface area contributed by atoms with E-state index in [9.17, 15) is 19.1 Å². The lowest BCUT2D eigenvalue weighted by Gasteiger charge is -2.14. The number of nitrogens with zero attached hydrogens (tertiary/aromatic N) is 2. The van der Waals surface area contributed by atoms with Gasteiger partial charge in [0.15, 0.2) is 10.9 Å². The van der Waals surface area contributed by atoms with Crippen molar-refractivity contribution in [1.29, 1.82) is 0 Å². The monoisotopic (exact) mass is 376 g/mol. The molecule has 7 nitrogen and oxygen atoms in total. The Morgan fingerprint density at radius 2 is 2.19 bits per heavy atom. The number of carbonyl (C=O) groups excluding carboxylic acids is 1. The van der Waals surface area contributed by atoms with Crippen molar-refractivity contribution in [1.82, 2.24) is 19.9 Å².